The second-order valence-electron chi connectivity index (χ2n) is 5.67. The second kappa shape index (κ2) is 7.82. The molecule has 2 N–H and O–H groups in total. The van der Waals surface area contributed by atoms with Gasteiger partial charge in [-0.2, -0.15) is 0 Å². The maximum absolute atomic E-state index is 11.9. The van der Waals surface area contributed by atoms with Crippen LogP contribution in [0.15, 0.2) is 0 Å². The first-order valence-electron chi connectivity index (χ1n) is 7.57. The van der Waals surface area contributed by atoms with Crippen molar-refractivity contribution in [2.45, 2.75) is 25.7 Å². The molecule has 0 aromatic carbocycles. The Kier molecular flexibility index (Phi) is 6.07. The molecule has 2 aliphatic heterocycles. The van der Waals surface area contributed by atoms with Gasteiger partial charge in [0.2, 0.25) is 5.91 Å². The van der Waals surface area contributed by atoms with Crippen LogP contribution in [0.2, 0.25) is 0 Å². The van der Waals surface area contributed by atoms with Crippen molar-refractivity contribution >= 4 is 5.91 Å². The SMILES string of the molecule is NCCOCC(=O)N1CCC(CN2CCCC2)CC1. The van der Waals surface area contributed by atoms with Crippen molar-refractivity contribution in [3.8, 4) is 0 Å². The van der Waals surface area contributed by atoms with Crippen LogP contribution in [0.5, 0.6) is 0 Å². The highest BCUT2D eigenvalue weighted by molar-refractivity contribution is 5.77. The molecule has 0 radical (unpaired) electrons. The van der Waals surface area contributed by atoms with Crippen LogP contribution in [0.3, 0.4) is 0 Å². The van der Waals surface area contributed by atoms with E-state index in [0.29, 0.717) is 13.2 Å². The Morgan fingerprint density at radius 2 is 1.84 bits per heavy atom. The number of rotatable bonds is 6. The van der Waals surface area contributed by atoms with E-state index in [9.17, 15) is 4.79 Å². The minimum absolute atomic E-state index is 0.119. The third-order valence-corrected chi connectivity index (χ3v) is 4.17. The van der Waals surface area contributed by atoms with Crippen LogP contribution in [0, 0.1) is 5.92 Å². The summed E-state index contributed by atoms with van der Waals surface area (Å²) in [5.41, 5.74) is 5.33. The van der Waals surface area contributed by atoms with Crippen LogP contribution in [-0.2, 0) is 9.53 Å². The van der Waals surface area contributed by atoms with Crippen LogP contribution in [0.25, 0.3) is 0 Å². The highest BCUT2D eigenvalue weighted by atomic mass is 16.5. The van der Waals surface area contributed by atoms with E-state index in [4.69, 9.17) is 10.5 Å². The lowest BCUT2D eigenvalue weighted by atomic mass is 9.96. The Labute approximate surface area is 116 Å². The number of nitrogens with zero attached hydrogens (tertiary/aromatic N) is 2. The smallest absolute Gasteiger partial charge is 0.248 e. The van der Waals surface area contributed by atoms with Crippen LogP contribution in [0.1, 0.15) is 25.7 Å². The monoisotopic (exact) mass is 269 g/mol. The average molecular weight is 269 g/mol. The van der Waals surface area contributed by atoms with Crippen molar-refractivity contribution in [1.82, 2.24) is 9.80 Å². The van der Waals surface area contributed by atoms with Gasteiger partial charge in [0.1, 0.15) is 6.61 Å². The molecule has 0 unspecified atom stereocenters. The Morgan fingerprint density at radius 3 is 2.47 bits per heavy atom. The standard InChI is InChI=1S/C14H27N3O2/c15-5-10-19-12-14(18)17-8-3-13(4-9-17)11-16-6-1-2-7-16/h13H,1-12,15H2. The first-order valence-corrected chi connectivity index (χ1v) is 7.57. The Bertz CT molecular complexity index is 272. The Hall–Kier alpha value is -0.650. The quantitative estimate of drug-likeness (QED) is 0.705. The summed E-state index contributed by atoms with van der Waals surface area (Å²) in [6, 6.07) is 0. The molecule has 0 aliphatic carbocycles. The highest BCUT2D eigenvalue weighted by Crippen LogP contribution is 2.20. The number of likely N-dealkylation sites (tertiary alicyclic amines) is 2. The van der Waals surface area contributed by atoms with E-state index in [1.54, 1.807) is 0 Å². The van der Waals surface area contributed by atoms with E-state index in [1.807, 2.05) is 4.90 Å². The van der Waals surface area contributed by atoms with E-state index in [0.717, 1.165) is 31.8 Å². The van der Waals surface area contributed by atoms with Crippen LogP contribution >= 0.6 is 0 Å². The lowest BCUT2D eigenvalue weighted by Crippen LogP contribution is -2.42. The molecule has 5 heteroatoms. The molecule has 0 atom stereocenters. The number of amides is 1. The van der Waals surface area contributed by atoms with Crippen molar-refractivity contribution in [3.63, 3.8) is 0 Å². The molecule has 1 amide bonds. The zero-order chi connectivity index (χ0) is 13.5. The molecular weight excluding hydrogens is 242 g/mol. The molecule has 0 spiro atoms. The molecule has 19 heavy (non-hydrogen) atoms. The van der Waals surface area contributed by atoms with Gasteiger partial charge < -0.3 is 20.3 Å². The maximum atomic E-state index is 11.9. The molecular formula is C14H27N3O2. The summed E-state index contributed by atoms with van der Waals surface area (Å²) in [6.45, 7) is 6.69. The molecule has 0 saturated carbocycles. The minimum Gasteiger partial charge on any atom is -0.370 e. The molecule has 2 heterocycles. The van der Waals surface area contributed by atoms with Gasteiger partial charge in [0, 0.05) is 26.2 Å². The molecule has 0 bridgehead atoms. The molecule has 5 nitrogen and oxygen atoms in total. The third-order valence-electron chi connectivity index (χ3n) is 4.17. The van der Waals surface area contributed by atoms with Crippen LogP contribution in [0.4, 0.5) is 0 Å². The second-order valence-corrected chi connectivity index (χ2v) is 5.67. The normalized spacial score (nSPS) is 22.1. The first kappa shape index (κ1) is 14.8. The van der Waals surface area contributed by atoms with E-state index >= 15 is 0 Å². The molecule has 0 aromatic rings. The third kappa shape index (κ3) is 4.75. The van der Waals surface area contributed by atoms with Gasteiger partial charge in [-0.15, -0.1) is 0 Å². The number of nitrogens with two attached hydrogens (primary N) is 1. The van der Waals surface area contributed by atoms with E-state index < -0.39 is 0 Å². The van der Waals surface area contributed by atoms with Gasteiger partial charge in [-0.25, -0.2) is 0 Å². The zero-order valence-corrected chi connectivity index (χ0v) is 11.9. The van der Waals surface area contributed by atoms with Gasteiger partial charge in [0.15, 0.2) is 0 Å². The highest BCUT2D eigenvalue weighted by Gasteiger charge is 2.24. The topological polar surface area (TPSA) is 58.8 Å². The predicted octanol–water partition coefficient (Wildman–Crippen LogP) is 0.296. The average Bonchev–Trinajstić information content (AvgIpc) is 2.93. The van der Waals surface area contributed by atoms with Gasteiger partial charge >= 0.3 is 0 Å². The fourth-order valence-electron chi connectivity index (χ4n) is 3.03. The molecule has 0 aromatic heterocycles. The number of hydrogen-bond acceptors (Lipinski definition) is 4. The van der Waals surface area contributed by atoms with Gasteiger partial charge in [-0.1, -0.05) is 0 Å². The predicted molar refractivity (Wildman–Crippen MR) is 74.9 cm³/mol. The fourth-order valence-corrected chi connectivity index (χ4v) is 3.03. The molecule has 2 saturated heterocycles. The number of hydrogen-bond donors (Lipinski definition) is 1. The Morgan fingerprint density at radius 1 is 1.16 bits per heavy atom. The van der Waals surface area contributed by atoms with Gasteiger partial charge in [0.25, 0.3) is 0 Å². The van der Waals surface area contributed by atoms with Gasteiger partial charge in [0.05, 0.1) is 6.61 Å². The summed E-state index contributed by atoms with van der Waals surface area (Å²) in [7, 11) is 0. The van der Waals surface area contributed by atoms with Crippen LogP contribution in [-0.4, -0.2) is 68.2 Å². The van der Waals surface area contributed by atoms with Crippen molar-refractivity contribution in [1.29, 1.82) is 0 Å². The van der Waals surface area contributed by atoms with Crippen molar-refractivity contribution in [3.05, 3.63) is 0 Å². The first-order chi connectivity index (χ1) is 9.29. The van der Waals surface area contributed by atoms with E-state index in [2.05, 4.69) is 4.90 Å². The molecule has 110 valence electrons. The largest absolute Gasteiger partial charge is 0.370 e. The summed E-state index contributed by atoms with van der Waals surface area (Å²) in [5, 5.41) is 0. The number of piperidine rings is 1. The lowest BCUT2D eigenvalue weighted by molar-refractivity contribution is -0.137. The van der Waals surface area contributed by atoms with Gasteiger partial charge in [-0.3, -0.25) is 4.79 Å². The summed E-state index contributed by atoms with van der Waals surface area (Å²) >= 11 is 0. The van der Waals surface area contributed by atoms with Crippen LogP contribution < -0.4 is 5.73 Å². The number of ether oxygens (including phenoxy) is 1. The zero-order valence-electron chi connectivity index (χ0n) is 11.9. The van der Waals surface area contributed by atoms with Gasteiger partial charge in [-0.05, 0) is 44.7 Å². The lowest BCUT2D eigenvalue weighted by Gasteiger charge is -2.33. The molecule has 2 aliphatic rings. The van der Waals surface area contributed by atoms with E-state index in [1.165, 1.54) is 32.5 Å². The minimum atomic E-state index is 0.119. The van der Waals surface area contributed by atoms with Crippen molar-refractivity contribution in [2.24, 2.45) is 11.7 Å². The summed E-state index contributed by atoms with van der Waals surface area (Å²) < 4.78 is 5.21. The summed E-state index contributed by atoms with van der Waals surface area (Å²) in [5.74, 6) is 0.889. The molecule has 2 rings (SSSR count). The van der Waals surface area contributed by atoms with Crippen molar-refractivity contribution < 1.29 is 9.53 Å². The molecule has 2 fully saturated rings. The maximum Gasteiger partial charge on any atom is 0.248 e. The number of carbonyl (C=O) groups is 1. The summed E-state index contributed by atoms with van der Waals surface area (Å²) in [6.07, 6.45) is 4.99. The van der Waals surface area contributed by atoms with E-state index in [-0.39, 0.29) is 12.5 Å². The van der Waals surface area contributed by atoms with Crippen molar-refractivity contribution in [2.75, 3.05) is 52.5 Å². The summed E-state index contributed by atoms with van der Waals surface area (Å²) in [4.78, 5) is 16.4. The number of carbonyl (C=O) groups excluding carboxylic acids is 1. The Balaban J connectivity index is 1.62. The fraction of sp³-hybridized carbons (Fsp3) is 0.929.